The van der Waals surface area contributed by atoms with Crippen molar-refractivity contribution in [2.45, 2.75) is 76.7 Å². The highest BCUT2D eigenvalue weighted by atomic mass is 16.6. The number of likely N-dealkylation sites (tertiary alicyclic amines) is 1. The van der Waals surface area contributed by atoms with E-state index in [0.29, 0.717) is 24.1 Å². The van der Waals surface area contributed by atoms with Crippen molar-refractivity contribution >= 4 is 6.09 Å². The molecule has 2 saturated heterocycles. The first-order valence-electron chi connectivity index (χ1n) is 8.78. The van der Waals surface area contributed by atoms with Crippen molar-refractivity contribution in [2.75, 3.05) is 19.7 Å². The van der Waals surface area contributed by atoms with Crippen LogP contribution in [0.2, 0.25) is 0 Å². The van der Waals surface area contributed by atoms with Gasteiger partial charge in [0.1, 0.15) is 5.60 Å². The van der Waals surface area contributed by atoms with Gasteiger partial charge in [-0.05, 0) is 52.9 Å². The molecule has 3 aliphatic rings. The molecular formula is C17H30N2O3. The van der Waals surface area contributed by atoms with E-state index >= 15 is 0 Å². The number of nitrogens with one attached hydrogen (secondary N) is 1. The van der Waals surface area contributed by atoms with Crippen molar-refractivity contribution in [3.05, 3.63) is 0 Å². The van der Waals surface area contributed by atoms with Crippen LogP contribution in [0, 0.1) is 5.92 Å². The van der Waals surface area contributed by atoms with Gasteiger partial charge in [0.25, 0.3) is 0 Å². The zero-order valence-corrected chi connectivity index (χ0v) is 14.1. The average molecular weight is 310 g/mol. The molecule has 22 heavy (non-hydrogen) atoms. The molecule has 0 bridgehead atoms. The van der Waals surface area contributed by atoms with Crippen molar-refractivity contribution in [3.8, 4) is 0 Å². The summed E-state index contributed by atoms with van der Waals surface area (Å²) in [5.74, 6) is 0.671. The predicted octanol–water partition coefficient (Wildman–Crippen LogP) is 2.54. The van der Waals surface area contributed by atoms with E-state index in [1.165, 1.54) is 25.7 Å². The van der Waals surface area contributed by atoms with E-state index in [9.17, 15) is 4.79 Å². The van der Waals surface area contributed by atoms with Gasteiger partial charge >= 0.3 is 6.09 Å². The van der Waals surface area contributed by atoms with Crippen molar-refractivity contribution in [2.24, 2.45) is 5.92 Å². The van der Waals surface area contributed by atoms with Gasteiger partial charge in [0, 0.05) is 37.7 Å². The van der Waals surface area contributed by atoms with E-state index in [-0.39, 0.29) is 6.09 Å². The van der Waals surface area contributed by atoms with E-state index in [1.807, 2.05) is 25.7 Å². The molecule has 5 heteroatoms. The third-order valence-electron chi connectivity index (χ3n) is 5.07. The third-order valence-corrected chi connectivity index (χ3v) is 5.07. The Bertz CT molecular complexity index is 407. The lowest BCUT2D eigenvalue weighted by Crippen LogP contribution is -2.48. The Morgan fingerprint density at radius 2 is 2.05 bits per heavy atom. The van der Waals surface area contributed by atoms with Gasteiger partial charge in [0.15, 0.2) is 0 Å². The topological polar surface area (TPSA) is 50.8 Å². The van der Waals surface area contributed by atoms with Crippen LogP contribution in [0.1, 0.15) is 52.9 Å². The molecule has 2 aliphatic heterocycles. The molecule has 126 valence electrons. The number of carbonyl (C=O) groups excluding carboxylic acids is 1. The number of amides is 1. The second kappa shape index (κ2) is 6.36. The Labute approximate surface area is 133 Å². The molecular weight excluding hydrogens is 280 g/mol. The molecule has 3 fully saturated rings. The maximum Gasteiger partial charge on any atom is 0.410 e. The molecule has 0 unspecified atom stereocenters. The summed E-state index contributed by atoms with van der Waals surface area (Å²) < 4.78 is 11.3. The first-order valence-corrected chi connectivity index (χ1v) is 8.78. The lowest BCUT2D eigenvalue weighted by Gasteiger charge is -2.35. The van der Waals surface area contributed by atoms with Crippen LogP contribution in [0.5, 0.6) is 0 Å². The largest absolute Gasteiger partial charge is 0.444 e. The van der Waals surface area contributed by atoms with Crippen LogP contribution in [0.25, 0.3) is 0 Å². The number of ether oxygens (including phenoxy) is 2. The minimum Gasteiger partial charge on any atom is -0.444 e. The van der Waals surface area contributed by atoms with Gasteiger partial charge in [0.2, 0.25) is 0 Å². The molecule has 0 spiro atoms. The molecule has 3 rings (SSSR count). The van der Waals surface area contributed by atoms with Gasteiger partial charge in [0.05, 0.1) is 6.10 Å². The Kier molecular flexibility index (Phi) is 4.64. The van der Waals surface area contributed by atoms with Crippen LogP contribution >= 0.6 is 0 Å². The highest BCUT2D eigenvalue weighted by Gasteiger charge is 2.39. The van der Waals surface area contributed by atoms with Crippen molar-refractivity contribution in [3.63, 3.8) is 0 Å². The van der Waals surface area contributed by atoms with Gasteiger partial charge < -0.3 is 19.7 Å². The van der Waals surface area contributed by atoms with E-state index < -0.39 is 5.60 Å². The van der Waals surface area contributed by atoms with Gasteiger partial charge in [-0.1, -0.05) is 0 Å². The zero-order chi connectivity index (χ0) is 15.7. The van der Waals surface area contributed by atoms with Crippen molar-refractivity contribution < 1.29 is 14.3 Å². The number of carbonyl (C=O) groups is 1. The van der Waals surface area contributed by atoms with Crippen LogP contribution in [-0.2, 0) is 9.47 Å². The Hall–Kier alpha value is -0.810. The molecule has 5 nitrogen and oxygen atoms in total. The SMILES string of the molecule is CC(C)(C)OC(=O)N1CC[C@H](N[C@@H]2CCC[C@H]3OCC[C@H]23)C1. The van der Waals surface area contributed by atoms with E-state index in [4.69, 9.17) is 9.47 Å². The summed E-state index contributed by atoms with van der Waals surface area (Å²) in [6.45, 7) is 8.23. The maximum absolute atomic E-state index is 12.1. The number of fused-ring (bicyclic) bond motifs is 1. The van der Waals surface area contributed by atoms with Crippen LogP contribution < -0.4 is 5.32 Å². The van der Waals surface area contributed by atoms with Crippen molar-refractivity contribution in [1.29, 1.82) is 0 Å². The monoisotopic (exact) mass is 310 g/mol. The van der Waals surface area contributed by atoms with Crippen LogP contribution in [0.3, 0.4) is 0 Å². The quantitative estimate of drug-likeness (QED) is 0.851. The fourth-order valence-electron chi connectivity index (χ4n) is 4.07. The average Bonchev–Trinajstić information content (AvgIpc) is 3.05. The number of hydrogen-bond donors (Lipinski definition) is 1. The molecule has 1 amide bonds. The summed E-state index contributed by atoms with van der Waals surface area (Å²) in [5.41, 5.74) is -0.416. The lowest BCUT2D eigenvalue weighted by atomic mass is 9.81. The second-order valence-electron chi connectivity index (χ2n) is 7.98. The molecule has 2 heterocycles. The maximum atomic E-state index is 12.1. The van der Waals surface area contributed by atoms with Crippen molar-refractivity contribution in [1.82, 2.24) is 10.2 Å². The van der Waals surface area contributed by atoms with Gasteiger partial charge in [-0.25, -0.2) is 4.79 Å². The normalized spacial score (nSPS) is 35.5. The Morgan fingerprint density at radius 3 is 2.82 bits per heavy atom. The molecule has 0 aromatic carbocycles. The Balaban J connectivity index is 1.49. The summed E-state index contributed by atoms with van der Waals surface area (Å²) in [5, 5.41) is 3.81. The smallest absolute Gasteiger partial charge is 0.410 e. The summed E-state index contributed by atoms with van der Waals surface area (Å²) >= 11 is 0. The highest BCUT2D eigenvalue weighted by Crippen LogP contribution is 2.35. The molecule has 1 aliphatic carbocycles. The Morgan fingerprint density at radius 1 is 1.23 bits per heavy atom. The fraction of sp³-hybridized carbons (Fsp3) is 0.941. The minimum absolute atomic E-state index is 0.178. The lowest BCUT2D eigenvalue weighted by molar-refractivity contribution is 0.0284. The zero-order valence-electron chi connectivity index (χ0n) is 14.1. The van der Waals surface area contributed by atoms with E-state index in [2.05, 4.69) is 5.32 Å². The summed E-state index contributed by atoms with van der Waals surface area (Å²) in [7, 11) is 0. The molecule has 0 aromatic heterocycles. The molecule has 0 radical (unpaired) electrons. The third kappa shape index (κ3) is 3.74. The summed E-state index contributed by atoms with van der Waals surface area (Å²) in [6.07, 6.45) is 6.21. The summed E-state index contributed by atoms with van der Waals surface area (Å²) in [6, 6.07) is 0.960. The second-order valence-corrected chi connectivity index (χ2v) is 7.98. The van der Waals surface area contributed by atoms with Gasteiger partial charge in [-0.2, -0.15) is 0 Å². The first kappa shape index (κ1) is 16.1. The standard InChI is InChI=1S/C17H30N2O3/c1-17(2,3)22-16(20)19-9-7-12(11-19)18-14-5-4-6-15-13(14)8-10-21-15/h12-15,18H,4-11H2,1-3H3/t12-,13+,14+,15+/m0/s1. The molecule has 1 N–H and O–H groups in total. The molecule has 0 aromatic rings. The van der Waals surface area contributed by atoms with Crippen LogP contribution in [-0.4, -0.2) is 54.5 Å². The van der Waals surface area contributed by atoms with Gasteiger partial charge in [-0.15, -0.1) is 0 Å². The highest BCUT2D eigenvalue weighted by molar-refractivity contribution is 5.68. The van der Waals surface area contributed by atoms with Gasteiger partial charge in [-0.3, -0.25) is 0 Å². The van der Waals surface area contributed by atoms with Crippen LogP contribution in [0.4, 0.5) is 4.79 Å². The molecule has 1 saturated carbocycles. The first-order chi connectivity index (χ1) is 10.4. The number of nitrogens with zero attached hydrogens (tertiary/aromatic N) is 1. The summed E-state index contributed by atoms with van der Waals surface area (Å²) in [4.78, 5) is 14.0. The number of hydrogen-bond acceptors (Lipinski definition) is 4. The number of rotatable bonds is 2. The van der Waals surface area contributed by atoms with E-state index in [0.717, 1.165) is 26.1 Å². The predicted molar refractivity (Wildman–Crippen MR) is 84.8 cm³/mol. The van der Waals surface area contributed by atoms with Crippen LogP contribution in [0.15, 0.2) is 0 Å². The fourth-order valence-corrected chi connectivity index (χ4v) is 4.07. The molecule has 4 atom stereocenters. The van der Waals surface area contributed by atoms with E-state index in [1.54, 1.807) is 0 Å². The minimum atomic E-state index is -0.416.